The molecule has 118 valence electrons. The molecule has 0 atom stereocenters. The molecule has 0 aliphatic rings. The first-order chi connectivity index (χ1) is 11.0. The van der Waals surface area contributed by atoms with Crippen molar-refractivity contribution in [3.8, 4) is 0 Å². The normalized spacial score (nSPS) is 11.3. The van der Waals surface area contributed by atoms with Crippen molar-refractivity contribution in [2.24, 2.45) is 0 Å². The molecule has 0 aliphatic heterocycles. The number of halogens is 1. The van der Waals surface area contributed by atoms with Crippen LogP contribution >= 0.6 is 11.6 Å². The Kier molecular flexibility index (Phi) is 5.72. The third-order valence-corrected chi connectivity index (χ3v) is 3.75. The van der Waals surface area contributed by atoms with Gasteiger partial charge in [0.1, 0.15) is 0 Å². The van der Waals surface area contributed by atoms with E-state index < -0.39 is 5.97 Å². The molecule has 0 radical (unpaired) electrons. The van der Waals surface area contributed by atoms with Crippen LogP contribution in [0.25, 0.3) is 0 Å². The van der Waals surface area contributed by atoms with Crippen LogP contribution in [0.3, 0.4) is 0 Å². The number of allylic oxidation sites excluding steroid dienone is 1. The van der Waals surface area contributed by atoms with Crippen molar-refractivity contribution in [3.05, 3.63) is 81.9 Å². The minimum Gasteiger partial charge on any atom is -0.478 e. The van der Waals surface area contributed by atoms with Crippen molar-refractivity contribution < 1.29 is 14.7 Å². The summed E-state index contributed by atoms with van der Waals surface area (Å²) in [6.45, 7) is 1.93. The zero-order valence-electron chi connectivity index (χ0n) is 12.8. The molecule has 2 aromatic rings. The highest BCUT2D eigenvalue weighted by molar-refractivity contribution is 6.30. The first-order valence-corrected chi connectivity index (χ1v) is 7.60. The van der Waals surface area contributed by atoms with Gasteiger partial charge in [-0.15, -0.1) is 0 Å². The van der Waals surface area contributed by atoms with Crippen molar-refractivity contribution in [1.82, 2.24) is 0 Å². The lowest BCUT2D eigenvalue weighted by atomic mass is 10.0. The quantitative estimate of drug-likeness (QED) is 0.628. The van der Waals surface area contributed by atoms with E-state index in [9.17, 15) is 14.7 Å². The Morgan fingerprint density at radius 3 is 2.22 bits per heavy atom. The van der Waals surface area contributed by atoms with E-state index in [2.05, 4.69) is 0 Å². The van der Waals surface area contributed by atoms with Crippen LogP contribution in [-0.2, 0) is 11.2 Å². The summed E-state index contributed by atoms with van der Waals surface area (Å²) in [6, 6.07) is 14.3. The van der Waals surface area contributed by atoms with E-state index in [4.69, 9.17) is 11.6 Å². The Hall–Kier alpha value is -2.39. The summed E-state index contributed by atoms with van der Waals surface area (Å²) >= 11 is 5.82. The van der Waals surface area contributed by atoms with Crippen molar-refractivity contribution >= 4 is 23.4 Å². The molecule has 3 nitrogen and oxygen atoms in total. The molecular formula is C19H17ClO3. The third-order valence-electron chi connectivity index (χ3n) is 3.50. The van der Waals surface area contributed by atoms with E-state index in [0.717, 1.165) is 11.1 Å². The summed E-state index contributed by atoms with van der Waals surface area (Å²) in [5.41, 5.74) is 2.62. The lowest BCUT2D eigenvalue weighted by molar-refractivity contribution is -0.132. The fourth-order valence-corrected chi connectivity index (χ4v) is 2.24. The molecule has 23 heavy (non-hydrogen) atoms. The molecule has 0 saturated carbocycles. The molecule has 0 aliphatic carbocycles. The molecule has 0 fully saturated rings. The largest absolute Gasteiger partial charge is 0.478 e. The second-order valence-electron chi connectivity index (χ2n) is 5.33. The number of aliphatic carboxylic acids is 1. The molecule has 4 heteroatoms. The van der Waals surface area contributed by atoms with Crippen LogP contribution in [-0.4, -0.2) is 16.9 Å². The van der Waals surface area contributed by atoms with Gasteiger partial charge in [-0.05, 0) is 31.0 Å². The number of hydrogen-bond acceptors (Lipinski definition) is 2. The van der Waals surface area contributed by atoms with Crippen molar-refractivity contribution in [1.29, 1.82) is 0 Å². The Morgan fingerprint density at radius 1 is 1.04 bits per heavy atom. The van der Waals surface area contributed by atoms with Gasteiger partial charge in [-0.25, -0.2) is 4.79 Å². The topological polar surface area (TPSA) is 54.4 Å². The monoisotopic (exact) mass is 328 g/mol. The summed E-state index contributed by atoms with van der Waals surface area (Å²) in [5.74, 6) is -1.27. The Morgan fingerprint density at radius 2 is 1.65 bits per heavy atom. The number of ketones is 1. The standard InChI is InChI=1S/C19H17ClO3/c1-13-2-7-15(8-3-13)18(21)12-16(19(22)23)9-4-14-5-10-17(20)11-6-14/h2-3,5-11H,4,12H2,1H3,(H,22,23)/b16-9+. The zero-order valence-corrected chi connectivity index (χ0v) is 13.5. The molecule has 0 saturated heterocycles. The molecule has 2 rings (SSSR count). The molecule has 0 amide bonds. The van der Waals surface area contributed by atoms with Gasteiger partial charge in [0.25, 0.3) is 0 Å². The molecule has 0 spiro atoms. The predicted molar refractivity (Wildman–Crippen MR) is 91.0 cm³/mol. The number of Topliss-reactive ketones (excluding diaryl/α,β-unsaturated/α-hetero) is 1. The smallest absolute Gasteiger partial charge is 0.331 e. The van der Waals surface area contributed by atoms with Crippen molar-refractivity contribution in [3.63, 3.8) is 0 Å². The van der Waals surface area contributed by atoms with E-state index >= 15 is 0 Å². The molecule has 0 unspecified atom stereocenters. The Balaban J connectivity index is 2.10. The van der Waals surface area contributed by atoms with E-state index in [1.807, 2.05) is 31.2 Å². The van der Waals surface area contributed by atoms with Gasteiger partial charge in [0.05, 0.1) is 0 Å². The fraction of sp³-hybridized carbons (Fsp3) is 0.158. The van der Waals surface area contributed by atoms with Crippen LogP contribution in [0, 0.1) is 6.92 Å². The van der Waals surface area contributed by atoms with E-state index in [0.29, 0.717) is 17.0 Å². The maximum atomic E-state index is 12.2. The minimum absolute atomic E-state index is 0.102. The maximum absolute atomic E-state index is 12.2. The molecule has 2 aromatic carbocycles. The highest BCUT2D eigenvalue weighted by Crippen LogP contribution is 2.14. The van der Waals surface area contributed by atoms with E-state index in [1.165, 1.54) is 0 Å². The fourth-order valence-electron chi connectivity index (χ4n) is 2.11. The number of carbonyl (C=O) groups excluding carboxylic acids is 1. The number of carboxylic acids is 1. The van der Waals surface area contributed by atoms with Gasteiger partial charge in [-0.2, -0.15) is 0 Å². The highest BCUT2D eigenvalue weighted by atomic mass is 35.5. The average molecular weight is 329 g/mol. The molecule has 1 N–H and O–H groups in total. The van der Waals surface area contributed by atoms with Gasteiger partial charge in [0.2, 0.25) is 0 Å². The van der Waals surface area contributed by atoms with Gasteiger partial charge in [0, 0.05) is 22.6 Å². The van der Waals surface area contributed by atoms with Gasteiger partial charge >= 0.3 is 5.97 Å². The lowest BCUT2D eigenvalue weighted by Gasteiger charge is -2.04. The number of carbonyl (C=O) groups is 2. The number of hydrogen-bond donors (Lipinski definition) is 1. The van der Waals surface area contributed by atoms with Gasteiger partial charge < -0.3 is 5.11 Å². The average Bonchev–Trinajstić information content (AvgIpc) is 2.53. The number of rotatable bonds is 6. The lowest BCUT2D eigenvalue weighted by Crippen LogP contribution is -2.08. The molecule has 0 aromatic heterocycles. The Labute approximate surface area is 140 Å². The number of carboxylic acid groups (broad SMARTS) is 1. The van der Waals surface area contributed by atoms with E-state index in [-0.39, 0.29) is 17.8 Å². The third kappa shape index (κ3) is 5.08. The molecule has 0 heterocycles. The van der Waals surface area contributed by atoms with Crippen molar-refractivity contribution in [2.45, 2.75) is 19.8 Å². The van der Waals surface area contributed by atoms with Crippen LogP contribution in [0.5, 0.6) is 0 Å². The number of benzene rings is 2. The van der Waals surface area contributed by atoms with Crippen LogP contribution < -0.4 is 0 Å². The second-order valence-corrected chi connectivity index (χ2v) is 5.77. The van der Waals surface area contributed by atoms with Gasteiger partial charge in [-0.1, -0.05) is 59.6 Å². The minimum atomic E-state index is -1.07. The summed E-state index contributed by atoms with van der Waals surface area (Å²) in [5, 5.41) is 9.92. The van der Waals surface area contributed by atoms with Crippen molar-refractivity contribution in [2.75, 3.05) is 0 Å². The first kappa shape index (κ1) is 17.0. The van der Waals surface area contributed by atoms with Crippen LogP contribution in [0.1, 0.15) is 27.9 Å². The zero-order chi connectivity index (χ0) is 16.8. The van der Waals surface area contributed by atoms with Crippen LogP contribution in [0.15, 0.2) is 60.2 Å². The van der Waals surface area contributed by atoms with Gasteiger partial charge in [-0.3, -0.25) is 4.79 Å². The summed E-state index contributed by atoms with van der Waals surface area (Å²) in [4.78, 5) is 23.6. The Bertz CT molecular complexity index is 728. The second kappa shape index (κ2) is 7.75. The molecular weight excluding hydrogens is 312 g/mol. The first-order valence-electron chi connectivity index (χ1n) is 7.22. The predicted octanol–water partition coefficient (Wildman–Crippen LogP) is 4.47. The van der Waals surface area contributed by atoms with Crippen LogP contribution in [0.2, 0.25) is 5.02 Å². The summed E-state index contributed by atoms with van der Waals surface area (Å²) in [7, 11) is 0. The SMILES string of the molecule is Cc1ccc(C(=O)C/C(=C\Cc2ccc(Cl)cc2)C(=O)O)cc1. The van der Waals surface area contributed by atoms with E-state index in [1.54, 1.807) is 30.3 Å². The van der Waals surface area contributed by atoms with Crippen LogP contribution in [0.4, 0.5) is 0 Å². The highest BCUT2D eigenvalue weighted by Gasteiger charge is 2.14. The number of aryl methyl sites for hydroxylation is 1. The van der Waals surface area contributed by atoms with Gasteiger partial charge in [0.15, 0.2) is 5.78 Å². The summed E-state index contributed by atoms with van der Waals surface area (Å²) in [6.07, 6.45) is 1.91. The summed E-state index contributed by atoms with van der Waals surface area (Å²) < 4.78 is 0. The molecule has 0 bridgehead atoms. The maximum Gasteiger partial charge on any atom is 0.331 e.